The van der Waals surface area contributed by atoms with Crippen molar-refractivity contribution in [3.8, 4) is 17.2 Å². The van der Waals surface area contributed by atoms with Crippen molar-refractivity contribution in [3.63, 3.8) is 0 Å². The molecule has 0 aliphatic rings. The molecule has 7 nitrogen and oxygen atoms in total. The molecular formula is C24H26N4O3. The second-order valence-corrected chi connectivity index (χ2v) is 7.84. The third-order valence-corrected chi connectivity index (χ3v) is 5.09. The zero-order valence-corrected chi connectivity index (χ0v) is 18.2. The second kappa shape index (κ2) is 8.63. The summed E-state index contributed by atoms with van der Waals surface area (Å²) in [6.07, 6.45) is 3.30. The summed E-state index contributed by atoms with van der Waals surface area (Å²) in [5, 5.41) is 5.18. The number of aryl methyl sites for hydroxylation is 1. The van der Waals surface area contributed by atoms with Crippen LogP contribution in [0.5, 0.6) is 5.75 Å². The van der Waals surface area contributed by atoms with Gasteiger partial charge in [-0.25, -0.2) is 9.67 Å². The Hall–Kier alpha value is -3.61. The van der Waals surface area contributed by atoms with Crippen molar-refractivity contribution < 1.29 is 13.9 Å². The summed E-state index contributed by atoms with van der Waals surface area (Å²) >= 11 is 0. The molecule has 3 heterocycles. The summed E-state index contributed by atoms with van der Waals surface area (Å²) in [4.78, 5) is 19.7. The maximum atomic E-state index is 13.3. The van der Waals surface area contributed by atoms with Gasteiger partial charge >= 0.3 is 0 Å². The number of fused-ring (bicyclic) bond motifs is 1. The lowest BCUT2D eigenvalue weighted by Gasteiger charge is -2.18. The van der Waals surface area contributed by atoms with E-state index in [2.05, 4.69) is 5.10 Å². The molecule has 7 heteroatoms. The maximum absolute atomic E-state index is 13.3. The summed E-state index contributed by atoms with van der Waals surface area (Å²) in [5.74, 6) is 1.29. The van der Waals surface area contributed by atoms with Crippen molar-refractivity contribution in [1.29, 1.82) is 0 Å². The zero-order chi connectivity index (χ0) is 22.0. The smallest absolute Gasteiger partial charge is 0.254 e. The minimum atomic E-state index is -0.114. The van der Waals surface area contributed by atoms with Gasteiger partial charge in [0.1, 0.15) is 18.1 Å². The number of likely N-dealkylation sites (N-methyl/N-ethyl adjacent to an activating group) is 1. The predicted octanol–water partition coefficient (Wildman–Crippen LogP) is 4.73. The average molecular weight is 418 g/mol. The van der Waals surface area contributed by atoms with Crippen LogP contribution in [0.15, 0.2) is 59.3 Å². The van der Waals surface area contributed by atoms with Gasteiger partial charge in [0.05, 0.1) is 30.0 Å². The van der Waals surface area contributed by atoms with E-state index in [0.29, 0.717) is 35.8 Å². The number of ether oxygens (including phenoxy) is 1. The minimum absolute atomic E-state index is 0.111. The van der Waals surface area contributed by atoms with Gasteiger partial charge < -0.3 is 14.1 Å². The Morgan fingerprint density at radius 3 is 2.77 bits per heavy atom. The number of carbonyl (C=O) groups is 1. The molecular weight excluding hydrogens is 392 g/mol. The van der Waals surface area contributed by atoms with Gasteiger partial charge in [-0.2, -0.15) is 5.10 Å². The summed E-state index contributed by atoms with van der Waals surface area (Å²) in [6.45, 7) is 6.93. The first-order valence-corrected chi connectivity index (χ1v) is 10.3. The van der Waals surface area contributed by atoms with E-state index in [1.807, 2.05) is 55.8 Å². The van der Waals surface area contributed by atoms with Crippen LogP contribution in [0.25, 0.3) is 22.5 Å². The number of hydrogen-bond donors (Lipinski definition) is 0. The van der Waals surface area contributed by atoms with Gasteiger partial charge in [0.2, 0.25) is 0 Å². The van der Waals surface area contributed by atoms with Gasteiger partial charge in [-0.3, -0.25) is 4.79 Å². The van der Waals surface area contributed by atoms with Crippen molar-refractivity contribution in [1.82, 2.24) is 19.7 Å². The van der Waals surface area contributed by atoms with Crippen LogP contribution in [0.1, 0.15) is 35.8 Å². The second-order valence-electron chi connectivity index (χ2n) is 7.84. The Morgan fingerprint density at radius 2 is 2.06 bits per heavy atom. The highest BCUT2D eigenvalue weighted by molar-refractivity contribution is 6.06. The van der Waals surface area contributed by atoms with E-state index in [1.54, 1.807) is 36.5 Å². The molecule has 0 saturated heterocycles. The minimum Gasteiger partial charge on any atom is -0.492 e. The number of hydrogen-bond acceptors (Lipinski definition) is 5. The summed E-state index contributed by atoms with van der Waals surface area (Å²) in [7, 11) is 1.77. The Morgan fingerprint density at radius 1 is 1.23 bits per heavy atom. The van der Waals surface area contributed by atoms with Crippen LogP contribution >= 0.6 is 0 Å². The number of carbonyl (C=O) groups excluding carboxylic acids is 1. The van der Waals surface area contributed by atoms with Gasteiger partial charge in [-0.05, 0) is 56.7 Å². The Kier molecular flexibility index (Phi) is 5.75. The SMILES string of the molecule is Cc1cccc(OCCN(C)C(=O)c2cc(-c3ccco3)nc3c2cnn3C(C)C)c1. The number of amides is 1. The van der Waals surface area contributed by atoms with Crippen LogP contribution in [0.3, 0.4) is 0 Å². The molecule has 0 unspecified atom stereocenters. The molecule has 1 amide bonds. The Bertz CT molecular complexity index is 1190. The quantitative estimate of drug-likeness (QED) is 0.434. The van der Waals surface area contributed by atoms with Crippen LogP contribution in [0.4, 0.5) is 0 Å². The van der Waals surface area contributed by atoms with E-state index in [4.69, 9.17) is 14.1 Å². The molecule has 31 heavy (non-hydrogen) atoms. The molecule has 4 aromatic rings. The molecule has 4 rings (SSSR count). The highest BCUT2D eigenvalue weighted by atomic mass is 16.5. The van der Waals surface area contributed by atoms with Crippen molar-refractivity contribution in [2.45, 2.75) is 26.8 Å². The summed E-state index contributed by atoms with van der Waals surface area (Å²) in [5.41, 5.74) is 2.94. The van der Waals surface area contributed by atoms with E-state index < -0.39 is 0 Å². The van der Waals surface area contributed by atoms with E-state index in [-0.39, 0.29) is 11.9 Å². The lowest BCUT2D eigenvalue weighted by molar-refractivity contribution is 0.0775. The molecule has 0 aliphatic heterocycles. The molecule has 0 aliphatic carbocycles. The van der Waals surface area contributed by atoms with Crippen molar-refractivity contribution in [3.05, 3.63) is 66.1 Å². The van der Waals surface area contributed by atoms with Gasteiger partial charge in [-0.1, -0.05) is 12.1 Å². The van der Waals surface area contributed by atoms with Crippen LogP contribution in [-0.4, -0.2) is 45.8 Å². The highest BCUT2D eigenvalue weighted by Gasteiger charge is 2.21. The zero-order valence-electron chi connectivity index (χ0n) is 18.2. The Balaban J connectivity index is 1.60. The molecule has 160 valence electrons. The number of pyridine rings is 1. The van der Waals surface area contributed by atoms with Gasteiger partial charge in [0.25, 0.3) is 5.91 Å². The topological polar surface area (TPSA) is 73.4 Å². The van der Waals surface area contributed by atoms with Crippen molar-refractivity contribution in [2.24, 2.45) is 0 Å². The molecule has 0 saturated carbocycles. The van der Waals surface area contributed by atoms with Crippen molar-refractivity contribution in [2.75, 3.05) is 20.2 Å². The van der Waals surface area contributed by atoms with Crippen LogP contribution < -0.4 is 4.74 Å². The molecule has 0 N–H and O–H groups in total. The van der Waals surface area contributed by atoms with Gasteiger partial charge in [0, 0.05) is 13.1 Å². The highest BCUT2D eigenvalue weighted by Crippen LogP contribution is 2.27. The fraction of sp³-hybridized carbons (Fsp3) is 0.292. The number of rotatable bonds is 7. The number of aromatic nitrogens is 3. The number of nitrogens with zero attached hydrogens (tertiary/aromatic N) is 4. The fourth-order valence-electron chi connectivity index (χ4n) is 3.44. The predicted molar refractivity (Wildman–Crippen MR) is 119 cm³/mol. The van der Waals surface area contributed by atoms with Crippen LogP contribution in [-0.2, 0) is 0 Å². The first kappa shape index (κ1) is 20.7. The standard InChI is InChI=1S/C24H26N4O3/c1-16(2)28-23-20(15-25-28)19(14-21(26-23)22-9-6-11-31-22)24(29)27(4)10-12-30-18-8-5-7-17(3)13-18/h5-9,11,13-16H,10,12H2,1-4H3. The van der Waals surface area contributed by atoms with E-state index in [9.17, 15) is 4.79 Å². The third kappa shape index (κ3) is 4.30. The van der Waals surface area contributed by atoms with Gasteiger partial charge in [-0.15, -0.1) is 0 Å². The molecule has 0 spiro atoms. The summed E-state index contributed by atoms with van der Waals surface area (Å²) < 4.78 is 13.2. The van der Waals surface area contributed by atoms with Crippen molar-refractivity contribution >= 4 is 16.9 Å². The largest absolute Gasteiger partial charge is 0.492 e. The first-order chi connectivity index (χ1) is 14.9. The first-order valence-electron chi connectivity index (χ1n) is 10.3. The monoisotopic (exact) mass is 418 g/mol. The van der Waals surface area contributed by atoms with E-state index >= 15 is 0 Å². The maximum Gasteiger partial charge on any atom is 0.254 e. The Labute approximate surface area is 181 Å². The molecule has 1 aromatic carbocycles. The normalized spacial score (nSPS) is 11.3. The lowest BCUT2D eigenvalue weighted by Crippen LogP contribution is -2.31. The number of benzene rings is 1. The fourth-order valence-corrected chi connectivity index (χ4v) is 3.44. The van der Waals surface area contributed by atoms with E-state index in [1.165, 1.54) is 0 Å². The average Bonchev–Trinajstić information content (AvgIpc) is 3.42. The molecule has 0 atom stereocenters. The van der Waals surface area contributed by atoms with E-state index in [0.717, 1.165) is 16.7 Å². The summed E-state index contributed by atoms with van der Waals surface area (Å²) in [6, 6.07) is 13.4. The third-order valence-electron chi connectivity index (χ3n) is 5.09. The van der Waals surface area contributed by atoms with Gasteiger partial charge in [0.15, 0.2) is 11.4 Å². The lowest BCUT2D eigenvalue weighted by atomic mass is 10.1. The van der Waals surface area contributed by atoms with Crippen LogP contribution in [0.2, 0.25) is 0 Å². The molecule has 3 aromatic heterocycles. The molecule has 0 bridgehead atoms. The number of furan rings is 1. The van der Waals surface area contributed by atoms with Crippen LogP contribution in [0, 0.1) is 6.92 Å². The molecule has 0 radical (unpaired) electrons. The molecule has 0 fully saturated rings.